The van der Waals surface area contributed by atoms with Crippen LogP contribution in [0.1, 0.15) is 33.6 Å². The topological polar surface area (TPSA) is 99.7 Å². The first-order valence-corrected chi connectivity index (χ1v) is 5.89. The molecule has 6 heteroatoms. The normalized spacial score (nSPS) is 12.5. The second-order valence-corrected chi connectivity index (χ2v) is 4.60. The minimum absolute atomic E-state index is 0.00296. The number of nitrogens with zero attached hydrogens (tertiary/aromatic N) is 1. The maximum Gasteiger partial charge on any atom is 0.233 e. The zero-order valence-corrected chi connectivity index (χ0v) is 10.9. The molecule has 17 heavy (non-hydrogen) atoms. The van der Waals surface area contributed by atoms with Crippen LogP contribution in [0, 0.1) is 5.41 Å². The van der Waals surface area contributed by atoms with Crippen molar-refractivity contribution in [2.75, 3.05) is 19.6 Å². The zero-order chi connectivity index (χ0) is 13.3. The van der Waals surface area contributed by atoms with Gasteiger partial charge in [-0.15, -0.1) is 0 Å². The van der Waals surface area contributed by atoms with E-state index in [0.29, 0.717) is 13.1 Å². The van der Waals surface area contributed by atoms with Gasteiger partial charge in [0.05, 0.1) is 6.54 Å². The third kappa shape index (κ3) is 6.78. The van der Waals surface area contributed by atoms with Gasteiger partial charge < -0.3 is 21.6 Å². The molecule has 0 fully saturated rings. The number of amidine groups is 1. The van der Waals surface area contributed by atoms with Gasteiger partial charge in [0.1, 0.15) is 5.84 Å². The Hall–Kier alpha value is -1.30. The van der Waals surface area contributed by atoms with Gasteiger partial charge in [0.15, 0.2) is 0 Å². The summed E-state index contributed by atoms with van der Waals surface area (Å²) in [5, 5.41) is 17.4. The average molecular weight is 244 g/mol. The fourth-order valence-electron chi connectivity index (χ4n) is 1.38. The molecule has 0 saturated heterocycles. The van der Waals surface area contributed by atoms with Crippen LogP contribution in [0.3, 0.4) is 0 Å². The van der Waals surface area contributed by atoms with E-state index in [9.17, 15) is 4.79 Å². The molecular formula is C11H24N4O2. The lowest BCUT2D eigenvalue weighted by Gasteiger charge is -2.22. The SMILES string of the molecule is CCNC(=O)CNCCCC(C)(C)C(N)=NO. The number of amides is 1. The molecule has 0 aliphatic heterocycles. The molecule has 0 spiro atoms. The van der Waals surface area contributed by atoms with Crippen molar-refractivity contribution < 1.29 is 10.0 Å². The quantitative estimate of drug-likeness (QED) is 0.162. The first kappa shape index (κ1) is 15.7. The highest BCUT2D eigenvalue weighted by molar-refractivity contribution is 5.85. The maximum absolute atomic E-state index is 11.1. The molecule has 0 aromatic heterocycles. The predicted molar refractivity (Wildman–Crippen MR) is 68.0 cm³/mol. The van der Waals surface area contributed by atoms with E-state index < -0.39 is 0 Å². The number of carbonyl (C=O) groups is 1. The molecular weight excluding hydrogens is 220 g/mol. The third-order valence-corrected chi connectivity index (χ3v) is 2.62. The van der Waals surface area contributed by atoms with E-state index in [-0.39, 0.29) is 17.2 Å². The Morgan fingerprint density at radius 2 is 2.12 bits per heavy atom. The molecule has 0 aromatic rings. The number of nitrogens with one attached hydrogen (secondary N) is 2. The van der Waals surface area contributed by atoms with Gasteiger partial charge in [-0.05, 0) is 26.3 Å². The lowest BCUT2D eigenvalue weighted by Crippen LogP contribution is -2.35. The van der Waals surface area contributed by atoms with Crippen LogP contribution in [0.15, 0.2) is 5.16 Å². The molecule has 6 nitrogen and oxygen atoms in total. The molecule has 5 N–H and O–H groups in total. The molecule has 100 valence electrons. The fraction of sp³-hybridized carbons (Fsp3) is 0.818. The smallest absolute Gasteiger partial charge is 0.233 e. The van der Waals surface area contributed by atoms with Crippen molar-refractivity contribution >= 4 is 11.7 Å². The largest absolute Gasteiger partial charge is 0.409 e. The molecule has 0 saturated carbocycles. The molecule has 0 aliphatic carbocycles. The second-order valence-electron chi connectivity index (χ2n) is 4.60. The first-order valence-electron chi connectivity index (χ1n) is 5.89. The number of carbonyl (C=O) groups excluding carboxylic acids is 1. The van der Waals surface area contributed by atoms with Crippen LogP contribution >= 0.6 is 0 Å². The molecule has 0 heterocycles. The van der Waals surface area contributed by atoms with E-state index in [4.69, 9.17) is 10.9 Å². The number of rotatable bonds is 8. The van der Waals surface area contributed by atoms with Crippen molar-refractivity contribution in [1.82, 2.24) is 10.6 Å². The lowest BCUT2D eigenvalue weighted by atomic mass is 9.86. The molecule has 0 aliphatic rings. The summed E-state index contributed by atoms with van der Waals surface area (Å²) in [6.45, 7) is 7.45. The highest BCUT2D eigenvalue weighted by Crippen LogP contribution is 2.21. The Morgan fingerprint density at radius 3 is 2.65 bits per heavy atom. The van der Waals surface area contributed by atoms with E-state index >= 15 is 0 Å². The monoisotopic (exact) mass is 244 g/mol. The number of likely N-dealkylation sites (N-methyl/N-ethyl adjacent to an activating group) is 1. The zero-order valence-electron chi connectivity index (χ0n) is 10.9. The summed E-state index contributed by atoms with van der Waals surface area (Å²) in [4.78, 5) is 11.1. The highest BCUT2D eigenvalue weighted by atomic mass is 16.4. The van der Waals surface area contributed by atoms with Crippen LogP contribution in [0.2, 0.25) is 0 Å². The number of hydrogen-bond acceptors (Lipinski definition) is 4. The van der Waals surface area contributed by atoms with Gasteiger partial charge in [0.2, 0.25) is 5.91 Å². The molecule has 0 atom stereocenters. The summed E-state index contributed by atoms with van der Waals surface area (Å²) in [6.07, 6.45) is 1.66. The van der Waals surface area contributed by atoms with Gasteiger partial charge >= 0.3 is 0 Å². The van der Waals surface area contributed by atoms with E-state index in [1.165, 1.54) is 0 Å². The van der Waals surface area contributed by atoms with Crippen LogP contribution in [0.5, 0.6) is 0 Å². The summed E-state index contributed by atoms with van der Waals surface area (Å²) in [7, 11) is 0. The number of oxime groups is 1. The molecule has 0 bridgehead atoms. The number of nitrogens with two attached hydrogens (primary N) is 1. The van der Waals surface area contributed by atoms with Crippen LogP contribution < -0.4 is 16.4 Å². The van der Waals surface area contributed by atoms with Gasteiger partial charge in [-0.25, -0.2) is 0 Å². The van der Waals surface area contributed by atoms with Crippen molar-refractivity contribution in [1.29, 1.82) is 0 Å². The van der Waals surface area contributed by atoms with Crippen molar-refractivity contribution in [3.05, 3.63) is 0 Å². The molecule has 0 rings (SSSR count). The second kappa shape index (κ2) is 7.89. The Bertz CT molecular complexity index is 264. The predicted octanol–water partition coefficient (Wildman–Crippen LogP) is 0.265. The van der Waals surface area contributed by atoms with Gasteiger partial charge in [0.25, 0.3) is 0 Å². The summed E-state index contributed by atoms with van der Waals surface area (Å²) < 4.78 is 0. The first-order chi connectivity index (χ1) is 7.94. The van der Waals surface area contributed by atoms with Crippen LogP contribution in [0.4, 0.5) is 0 Å². The fourth-order valence-corrected chi connectivity index (χ4v) is 1.38. The van der Waals surface area contributed by atoms with Crippen molar-refractivity contribution in [3.8, 4) is 0 Å². The Morgan fingerprint density at radius 1 is 1.47 bits per heavy atom. The minimum atomic E-state index is -0.317. The van der Waals surface area contributed by atoms with E-state index in [1.54, 1.807) is 0 Å². The third-order valence-electron chi connectivity index (χ3n) is 2.62. The van der Waals surface area contributed by atoms with E-state index in [0.717, 1.165) is 19.4 Å². The highest BCUT2D eigenvalue weighted by Gasteiger charge is 2.22. The average Bonchev–Trinajstić information content (AvgIpc) is 2.27. The van der Waals surface area contributed by atoms with Crippen LogP contribution in [-0.2, 0) is 4.79 Å². The summed E-state index contributed by atoms with van der Waals surface area (Å²) in [5.74, 6) is 0.240. The van der Waals surface area contributed by atoms with E-state index in [1.807, 2.05) is 20.8 Å². The van der Waals surface area contributed by atoms with Crippen molar-refractivity contribution in [2.24, 2.45) is 16.3 Å². The van der Waals surface area contributed by atoms with Gasteiger partial charge in [-0.2, -0.15) is 0 Å². The summed E-state index contributed by atoms with van der Waals surface area (Å²) in [6, 6.07) is 0. The van der Waals surface area contributed by atoms with Gasteiger partial charge in [0, 0.05) is 12.0 Å². The molecule has 0 unspecified atom stereocenters. The summed E-state index contributed by atoms with van der Waals surface area (Å²) >= 11 is 0. The van der Waals surface area contributed by atoms with Gasteiger partial charge in [-0.1, -0.05) is 19.0 Å². The van der Waals surface area contributed by atoms with E-state index in [2.05, 4.69) is 15.8 Å². The Labute approximate surface area is 103 Å². The van der Waals surface area contributed by atoms with Crippen molar-refractivity contribution in [3.63, 3.8) is 0 Å². The van der Waals surface area contributed by atoms with Crippen LogP contribution in [0.25, 0.3) is 0 Å². The minimum Gasteiger partial charge on any atom is -0.409 e. The number of hydrogen-bond donors (Lipinski definition) is 4. The lowest BCUT2D eigenvalue weighted by molar-refractivity contribution is -0.120. The molecule has 0 radical (unpaired) electrons. The maximum atomic E-state index is 11.1. The Balaban J connectivity index is 3.68. The standard InChI is InChI=1S/C11H24N4O2/c1-4-14-9(16)8-13-7-5-6-11(2,3)10(12)15-17/h13,17H,4-8H2,1-3H3,(H2,12,15)(H,14,16). The molecule has 1 amide bonds. The van der Waals surface area contributed by atoms with Crippen molar-refractivity contribution in [2.45, 2.75) is 33.6 Å². The van der Waals surface area contributed by atoms with Crippen LogP contribution in [-0.4, -0.2) is 36.6 Å². The molecule has 0 aromatic carbocycles. The summed E-state index contributed by atoms with van der Waals surface area (Å²) in [5.41, 5.74) is 5.25. The van der Waals surface area contributed by atoms with Gasteiger partial charge in [-0.3, -0.25) is 4.79 Å². The Kier molecular flexibility index (Phi) is 7.29.